The summed E-state index contributed by atoms with van der Waals surface area (Å²) in [6, 6.07) is 6.53. The molecule has 0 aromatic heterocycles. The Balaban J connectivity index is 2.98. The highest BCUT2D eigenvalue weighted by Crippen LogP contribution is 2.30. The summed E-state index contributed by atoms with van der Waals surface area (Å²) < 4.78 is 0. The van der Waals surface area contributed by atoms with Gasteiger partial charge in [-0.3, -0.25) is 0 Å². The maximum absolute atomic E-state index is 3.61. The molecule has 0 N–H and O–H groups in total. The highest BCUT2D eigenvalue weighted by molar-refractivity contribution is 9.09. The standard InChI is InChI=1S/C13H18Br2/c1-10-5-4-6-11(2)12(10)7-13(3,8-14)9-15/h4-6H,7-9H2,1-3H3. The van der Waals surface area contributed by atoms with E-state index in [2.05, 4.69) is 70.8 Å². The van der Waals surface area contributed by atoms with Gasteiger partial charge in [-0.05, 0) is 42.4 Å². The van der Waals surface area contributed by atoms with Gasteiger partial charge in [0.05, 0.1) is 0 Å². The van der Waals surface area contributed by atoms with Crippen molar-refractivity contribution in [2.24, 2.45) is 5.41 Å². The topological polar surface area (TPSA) is 0 Å². The quantitative estimate of drug-likeness (QED) is 0.704. The summed E-state index contributed by atoms with van der Waals surface area (Å²) in [7, 11) is 0. The van der Waals surface area contributed by atoms with Gasteiger partial charge in [0.15, 0.2) is 0 Å². The van der Waals surface area contributed by atoms with Gasteiger partial charge < -0.3 is 0 Å². The predicted octanol–water partition coefficient (Wildman–Crippen LogP) is 4.64. The number of halogens is 2. The van der Waals surface area contributed by atoms with Crippen molar-refractivity contribution in [3.05, 3.63) is 34.9 Å². The lowest BCUT2D eigenvalue weighted by Gasteiger charge is -2.26. The summed E-state index contributed by atoms with van der Waals surface area (Å²) in [6.45, 7) is 6.71. The summed E-state index contributed by atoms with van der Waals surface area (Å²) >= 11 is 7.22. The van der Waals surface area contributed by atoms with Crippen molar-refractivity contribution < 1.29 is 0 Å². The highest BCUT2D eigenvalue weighted by Gasteiger charge is 2.23. The number of rotatable bonds is 4. The molecule has 15 heavy (non-hydrogen) atoms. The van der Waals surface area contributed by atoms with Gasteiger partial charge in [0, 0.05) is 10.7 Å². The van der Waals surface area contributed by atoms with Crippen LogP contribution < -0.4 is 0 Å². The third-order valence-corrected chi connectivity index (χ3v) is 5.60. The van der Waals surface area contributed by atoms with Crippen molar-refractivity contribution in [2.75, 3.05) is 10.7 Å². The van der Waals surface area contributed by atoms with E-state index in [9.17, 15) is 0 Å². The first-order chi connectivity index (χ1) is 7.02. The van der Waals surface area contributed by atoms with E-state index in [4.69, 9.17) is 0 Å². The Bertz CT molecular complexity index is 307. The first kappa shape index (κ1) is 13.2. The molecule has 0 aliphatic heterocycles. The molecule has 0 aliphatic rings. The van der Waals surface area contributed by atoms with Crippen LogP contribution in [0.15, 0.2) is 18.2 Å². The molecule has 0 fully saturated rings. The lowest BCUT2D eigenvalue weighted by atomic mass is 9.84. The molecular weight excluding hydrogens is 316 g/mol. The fourth-order valence-corrected chi connectivity index (χ4v) is 3.01. The highest BCUT2D eigenvalue weighted by atomic mass is 79.9. The maximum Gasteiger partial charge on any atom is 0.00965 e. The normalized spacial score (nSPS) is 11.8. The number of hydrogen-bond donors (Lipinski definition) is 0. The van der Waals surface area contributed by atoms with E-state index < -0.39 is 0 Å². The molecule has 0 nitrogen and oxygen atoms in total. The van der Waals surface area contributed by atoms with Crippen LogP contribution in [0.4, 0.5) is 0 Å². The van der Waals surface area contributed by atoms with Gasteiger partial charge in [-0.1, -0.05) is 57.0 Å². The van der Waals surface area contributed by atoms with E-state index in [-0.39, 0.29) is 0 Å². The first-order valence-corrected chi connectivity index (χ1v) is 7.44. The molecule has 84 valence electrons. The van der Waals surface area contributed by atoms with Gasteiger partial charge in [-0.15, -0.1) is 0 Å². The molecule has 0 saturated carbocycles. The van der Waals surface area contributed by atoms with Gasteiger partial charge in [-0.25, -0.2) is 0 Å². The molecule has 0 radical (unpaired) electrons. The molecule has 0 aliphatic carbocycles. The van der Waals surface area contributed by atoms with Gasteiger partial charge in [0.1, 0.15) is 0 Å². The second kappa shape index (κ2) is 5.49. The van der Waals surface area contributed by atoms with Crippen LogP contribution in [0.3, 0.4) is 0 Å². The third-order valence-electron chi connectivity index (χ3n) is 2.89. The van der Waals surface area contributed by atoms with Crippen molar-refractivity contribution in [3.8, 4) is 0 Å². The fraction of sp³-hybridized carbons (Fsp3) is 0.538. The minimum atomic E-state index is 0.302. The number of aryl methyl sites for hydroxylation is 2. The van der Waals surface area contributed by atoms with Crippen molar-refractivity contribution in [1.82, 2.24) is 0 Å². The molecule has 0 spiro atoms. The van der Waals surface area contributed by atoms with Crippen LogP contribution in [-0.2, 0) is 6.42 Å². The van der Waals surface area contributed by atoms with Crippen molar-refractivity contribution in [3.63, 3.8) is 0 Å². The van der Waals surface area contributed by atoms with Gasteiger partial charge in [-0.2, -0.15) is 0 Å². The predicted molar refractivity (Wildman–Crippen MR) is 75.3 cm³/mol. The zero-order valence-corrected chi connectivity index (χ0v) is 12.8. The van der Waals surface area contributed by atoms with Crippen molar-refractivity contribution in [2.45, 2.75) is 27.2 Å². The Morgan fingerprint density at radius 1 is 1.07 bits per heavy atom. The van der Waals surface area contributed by atoms with E-state index in [1.165, 1.54) is 16.7 Å². The second-order valence-electron chi connectivity index (χ2n) is 4.63. The summed E-state index contributed by atoms with van der Waals surface area (Å²) in [5.41, 5.74) is 4.61. The first-order valence-electron chi connectivity index (χ1n) is 5.19. The molecular formula is C13H18Br2. The molecule has 0 atom stereocenters. The zero-order chi connectivity index (χ0) is 11.5. The number of hydrogen-bond acceptors (Lipinski definition) is 0. The Kier molecular flexibility index (Phi) is 4.85. The minimum Gasteiger partial charge on any atom is -0.0922 e. The molecule has 0 heterocycles. The minimum absolute atomic E-state index is 0.302. The average molecular weight is 334 g/mol. The summed E-state index contributed by atoms with van der Waals surface area (Å²) in [6.07, 6.45) is 1.13. The van der Waals surface area contributed by atoms with Gasteiger partial charge in [0.2, 0.25) is 0 Å². The van der Waals surface area contributed by atoms with Crippen LogP contribution >= 0.6 is 31.9 Å². The van der Waals surface area contributed by atoms with Crippen molar-refractivity contribution in [1.29, 1.82) is 0 Å². The van der Waals surface area contributed by atoms with Crippen molar-refractivity contribution >= 4 is 31.9 Å². The summed E-state index contributed by atoms with van der Waals surface area (Å²) in [4.78, 5) is 0. The SMILES string of the molecule is Cc1cccc(C)c1CC(C)(CBr)CBr. The Labute approximate surface area is 110 Å². The molecule has 1 rings (SSSR count). The van der Waals surface area contributed by atoms with Gasteiger partial charge >= 0.3 is 0 Å². The van der Waals surface area contributed by atoms with E-state index >= 15 is 0 Å². The molecule has 0 amide bonds. The van der Waals surface area contributed by atoms with E-state index in [0.717, 1.165) is 17.1 Å². The van der Waals surface area contributed by atoms with Crippen LogP contribution in [0.25, 0.3) is 0 Å². The van der Waals surface area contributed by atoms with E-state index in [0.29, 0.717) is 5.41 Å². The Hall–Kier alpha value is 0.180. The van der Waals surface area contributed by atoms with Crippen LogP contribution in [0, 0.1) is 19.3 Å². The molecule has 2 heteroatoms. The molecule has 0 unspecified atom stereocenters. The molecule has 1 aromatic carbocycles. The number of alkyl halides is 2. The Morgan fingerprint density at radius 3 is 1.93 bits per heavy atom. The van der Waals surface area contributed by atoms with Gasteiger partial charge in [0.25, 0.3) is 0 Å². The van der Waals surface area contributed by atoms with Crippen LogP contribution in [0.2, 0.25) is 0 Å². The number of benzene rings is 1. The average Bonchev–Trinajstić information content (AvgIpc) is 2.23. The zero-order valence-electron chi connectivity index (χ0n) is 9.61. The lowest BCUT2D eigenvalue weighted by Crippen LogP contribution is -2.24. The maximum atomic E-state index is 3.61. The monoisotopic (exact) mass is 332 g/mol. The summed E-state index contributed by atoms with van der Waals surface area (Å²) in [5.74, 6) is 0. The van der Waals surface area contributed by atoms with E-state index in [1.807, 2.05) is 0 Å². The molecule has 0 bridgehead atoms. The van der Waals surface area contributed by atoms with Crippen LogP contribution in [-0.4, -0.2) is 10.7 Å². The van der Waals surface area contributed by atoms with E-state index in [1.54, 1.807) is 0 Å². The molecule has 0 saturated heterocycles. The Morgan fingerprint density at radius 2 is 1.53 bits per heavy atom. The fourth-order valence-electron chi connectivity index (χ4n) is 1.68. The lowest BCUT2D eigenvalue weighted by molar-refractivity contribution is 0.437. The largest absolute Gasteiger partial charge is 0.0922 e. The van der Waals surface area contributed by atoms with Crippen LogP contribution in [0.5, 0.6) is 0 Å². The van der Waals surface area contributed by atoms with Crippen LogP contribution in [0.1, 0.15) is 23.6 Å². The second-order valence-corrected chi connectivity index (χ2v) is 5.75. The molecule has 1 aromatic rings. The summed E-state index contributed by atoms with van der Waals surface area (Å²) in [5, 5.41) is 2.05. The third kappa shape index (κ3) is 3.32. The smallest absolute Gasteiger partial charge is 0.00965 e.